The maximum Gasteiger partial charge on any atom is 0.0617 e. The third-order valence-corrected chi connectivity index (χ3v) is 5.72. The summed E-state index contributed by atoms with van der Waals surface area (Å²) >= 11 is 0. The van der Waals surface area contributed by atoms with E-state index >= 15 is 0 Å². The van der Waals surface area contributed by atoms with Gasteiger partial charge >= 0.3 is 0 Å². The number of benzene rings is 2. The van der Waals surface area contributed by atoms with E-state index in [1.165, 1.54) is 17.8 Å². The first kappa shape index (κ1) is 14.6. The normalized spacial score (nSPS) is 21.1. The first-order valence-corrected chi connectivity index (χ1v) is 9.01. The molecule has 0 bridgehead atoms. The molecule has 0 N–H and O–H groups in total. The summed E-state index contributed by atoms with van der Waals surface area (Å²) in [6.07, 6.45) is 1.19. The van der Waals surface area contributed by atoms with E-state index in [0.717, 1.165) is 19.6 Å². The lowest BCUT2D eigenvalue weighted by Crippen LogP contribution is -2.24. The molecular formula is C21H26N2. The standard InChI is InChI=1S/C21H26N2/c1-4-22(5-2)16-11-12-20-18(14-16)19-13-15-9-7-8-10-17(15)21(19)23(20)6-3/h7-12,14,19,21H,4-6,13H2,1-3H3/t19-,21-/m1/s1. The van der Waals surface area contributed by atoms with Gasteiger partial charge in [-0.05, 0) is 62.1 Å². The Morgan fingerprint density at radius 3 is 2.52 bits per heavy atom. The fourth-order valence-corrected chi connectivity index (χ4v) is 4.64. The Labute approximate surface area is 139 Å². The maximum atomic E-state index is 2.61. The van der Waals surface area contributed by atoms with Gasteiger partial charge in [0.15, 0.2) is 0 Å². The van der Waals surface area contributed by atoms with Crippen molar-refractivity contribution < 1.29 is 0 Å². The third kappa shape index (κ3) is 2.08. The van der Waals surface area contributed by atoms with E-state index in [1.54, 1.807) is 16.7 Å². The number of nitrogens with zero attached hydrogens (tertiary/aromatic N) is 2. The molecule has 2 nitrogen and oxygen atoms in total. The second-order valence-electron chi connectivity index (χ2n) is 6.66. The predicted molar refractivity (Wildman–Crippen MR) is 98.7 cm³/mol. The van der Waals surface area contributed by atoms with Crippen LogP contribution in [-0.2, 0) is 6.42 Å². The zero-order valence-electron chi connectivity index (χ0n) is 14.4. The highest BCUT2D eigenvalue weighted by Gasteiger charge is 2.43. The molecule has 120 valence electrons. The molecule has 2 aliphatic rings. The minimum absolute atomic E-state index is 0.540. The maximum absolute atomic E-state index is 2.61. The molecular weight excluding hydrogens is 280 g/mol. The molecule has 0 amide bonds. The van der Waals surface area contributed by atoms with Gasteiger partial charge < -0.3 is 9.80 Å². The molecule has 2 atom stereocenters. The summed E-state index contributed by atoms with van der Waals surface area (Å²) in [6.45, 7) is 9.98. The molecule has 0 fully saturated rings. The molecule has 4 rings (SSSR count). The third-order valence-electron chi connectivity index (χ3n) is 5.72. The molecule has 1 aliphatic heterocycles. The molecule has 1 aliphatic carbocycles. The highest BCUT2D eigenvalue weighted by Crippen LogP contribution is 2.55. The van der Waals surface area contributed by atoms with Crippen LogP contribution in [0.3, 0.4) is 0 Å². The summed E-state index contributed by atoms with van der Waals surface area (Å²) in [5, 5.41) is 0. The molecule has 0 spiro atoms. The molecule has 0 saturated carbocycles. The van der Waals surface area contributed by atoms with Crippen molar-refractivity contribution in [2.45, 2.75) is 39.2 Å². The van der Waals surface area contributed by atoms with E-state index < -0.39 is 0 Å². The van der Waals surface area contributed by atoms with Crippen molar-refractivity contribution in [3.8, 4) is 0 Å². The van der Waals surface area contributed by atoms with Crippen LogP contribution in [-0.4, -0.2) is 19.6 Å². The van der Waals surface area contributed by atoms with Gasteiger partial charge in [0.2, 0.25) is 0 Å². The zero-order valence-corrected chi connectivity index (χ0v) is 14.4. The van der Waals surface area contributed by atoms with Crippen molar-refractivity contribution in [2.24, 2.45) is 0 Å². The fraction of sp³-hybridized carbons (Fsp3) is 0.429. The van der Waals surface area contributed by atoms with Crippen LogP contribution in [0.4, 0.5) is 11.4 Å². The topological polar surface area (TPSA) is 6.48 Å². The lowest BCUT2D eigenvalue weighted by Gasteiger charge is -2.27. The summed E-state index contributed by atoms with van der Waals surface area (Å²) in [4.78, 5) is 5.06. The van der Waals surface area contributed by atoms with E-state index in [9.17, 15) is 0 Å². The van der Waals surface area contributed by atoms with E-state index in [2.05, 4.69) is 73.0 Å². The van der Waals surface area contributed by atoms with Gasteiger partial charge in [-0.15, -0.1) is 0 Å². The number of likely N-dealkylation sites (N-methyl/N-ethyl adjacent to an activating group) is 1. The number of hydrogen-bond donors (Lipinski definition) is 0. The molecule has 2 aromatic rings. The molecule has 0 unspecified atom stereocenters. The highest BCUT2D eigenvalue weighted by molar-refractivity contribution is 5.70. The summed E-state index contributed by atoms with van der Waals surface area (Å²) in [6, 6.07) is 16.7. The number of fused-ring (bicyclic) bond motifs is 5. The Hall–Kier alpha value is -1.96. The van der Waals surface area contributed by atoms with Gasteiger partial charge in [-0.2, -0.15) is 0 Å². The average molecular weight is 306 g/mol. The Bertz CT molecular complexity index is 718. The van der Waals surface area contributed by atoms with Gasteiger partial charge in [0.25, 0.3) is 0 Å². The fourth-order valence-electron chi connectivity index (χ4n) is 4.64. The van der Waals surface area contributed by atoms with Gasteiger partial charge in [0, 0.05) is 36.9 Å². The van der Waals surface area contributed by atoms with Crippen molar-refractivity contribution in [1.82, 2.24) is 0 Å². The van der Waals surface area contributed by atoms with Gasteiger partial charge in [-0.1, -0.05) is 24.3 Å². The average Bonchev–Trinajstić information content (AvgIpc) is 3.10. The minimum atomic E-state index is 0.540. The van der Waals surface area contributed by atoms with E-state index in [0.29, 0.717) is 12.0 Å². The van der Waals surface area contributed by atoms with Crippen molar-refractivity contribution >= 4 is 11.4 Å². The van der Waals surface area contributed by atoms with E-state index in [1.807, 2.05) is 0 Å². The number of hydrogen-bond acceptors (Lipinski definition) is 2. The van der Waals surface area contributed by atoms with Gasteiger partial charge in [-0.3, -0.25) is 0 Å². The quantitative estimate of drug-likeness (QED) is 0.804. The first-order valence-electron chi connectivity index (χ1n) is 9.01. The Balaban J connectivity index is 1.79. The second kappa shape index (κ2) is 5.59. The van der Waals surface area contributed by atoms with Crippen molar-refractivity contribution in [2.75, 3.05) is 29.4 Å². The van der Waals surface area contributed by atoms with Crippen LogP contribution in [0.2, 0.25) is 0 Å². The Kier molecular flexibility index (Phi) is 3.56. The van der Waals surface area contributed by atoms with Crippen LogP contribution in [0, 0.1) is 0 Å². The number of anilines is 2. The predicted octanol–water partition coefficient (Wildman–Crippen LogP) is 4.75. The van der Waals surface area contributed by atoms with E-state index in [-0.39, 0.29) is 0 Å². The molecule has 23 heavy (non-hydrogen) atoms. The van der Waals surface area contributed by atoms with Crippen LogP contribution in [0.25, 0.3) is 0 Å². The van der Waals surface area contributed by atoms with Crippen molar-refractivity contribution in [1.29, 1.82) is 0 Å². The zero-order chi connectivity index (χ0) is 16.0. The van der Waals surface area contributed by atoms with Crippen LogP contribution in [0.5, 0.6) is 0 Å². The van der Waals surface area contributed by atoms with Gasteiger partial charge in [0.1, 0.15) is 0 Å². The summed E-state index contributed by atoms with van der Waals surface area (Å²) in [5.41, 5.74) is 7.46. The number of rotatable bonds is 4. The molecule has 0 aromatic heterocycles. The van der Waals surface area contributed by atoms with Crippen LogP contribution in [0.15, 0.2) is 42.5 Å². The summed E-state index contributed by atoms with van der Waals surface area (Å²) in [5.74, 6) is 0.623. The minimum Gasteiger partial charge on any atom is -0.372 e. The molecule has 0 radical (unpaired) electrons. The Morgan fingerprint density at radius 2 is 1.78 bits per heavy atom. The Morgan fingerprint density at radius 1 is 1.00 bits per heavy atom. The van der Waals surface area contributed by atoms with E-state index in [4.69, 9.17) is 0 Å². The summed E-state index contributed by atoms with van der Waals surface area (Å²) in [7, 11) is 0. The van der Waals surface area contributed by atoms with Gasteiger partial charge in [-0.25, -0.2) is 0 Å². The van der Waals surface area contributed by atoms with Crippen LogP contribution in [0.1, 0.15) is 49.4 Å². The SMILES string of the molecule is CCN(CC)c1ccc2c(c1)[C@H]1Cc3ccccc3[C@H]1N2CC. The smallest absolute Gasteiger partial charge is 0.0617 e. The lowest BCUT2D eigenvalue weighted by molar-refractivity contribution is 0.596. The van der Waals surface area contributed by atoms with Crippen LogP contribution >= 0.6 is 0 Å². The molecule has 0 saturated heterocycles. The molecule has 1 heterocycles. The first-order chi connectivity index (χ1) is 11.3. The van der Waals surface area contributed by atoms with Gasteiger partial charge in [0.05, 0.1) is 6.04 Å². The highest BCUT2D eigenvalue weighted by atomic mass is 15.2. The van der Waals surface area contributed by atoms with Crippen molar-refractivity contribution in [3.05, 3.63) is 59.2 Å². The second-order valence-corrected chi connectivity index (χ2v) is 6.66. The molecule has 2 heteroatoms. The lowest BCUT2D eigenvalue weighted by atomic mass is 9.95. The monoisotopic (exact) mass is 306 g/mol. The largest absolute Gasteiger partial charge is 0.372 e. The van der Waals surface area contributed by atoms with Crippen molar-refractivity contribution in [3.63, 3.8) is 0 Å². The van der Waals surface area contributed by atoms with Crippen LogP contribution < -0.4 is 9.80 Å². The molecule has 2 aromatic carbocycles. The summed E-state index contributed by atoms with van der Waals surface area (Å²) < 4.78 is 0.